The van der Waals surface area contributed by atoms with E-state index in [0.29, 0.717) is 12.0 Å². The van der Waals surface area contributed by atoms with Crippen molar-refractivity contribution in [3.8, 4) is 0 Å². The molecule has 1 fully saturated rings. The fraction of sp³-hybridized carbons (Fsp3) is 0.462. The molecule has 0 amide bonds. The van der Waals surface area contributed by atoms with Crippen LogP contribution in [-0.2, 0) is 10.2 Å². The third-order valence-electron chi connectivity index (χ3n) is 3.81. The zero-order valence-electron chi connectivity index (χ0n) is 9.56. The van der Waals surface area contributed by atoms with Crippen molar-refractivity contribution in [1.29, 1.82) is 0 Å². The number of carboxylic acid groups (broad SMARTS) is 1. The van der Waals surface area contributed by atoms with E-state index in [1.54, 1.807) is 19.1 Å². The zero-order chi connectivity index (χ0) is 12.6. The van der Waals surface area contributed by atoms with Gasteiger partial charge in [-0.1, -0.05) is 19.1 Å². The molecule has 1 aliphatic carbocycles. The van der Waals surface area contributed by atoms with E-state index in [4.69, 9.17) is 5.11 Å². The van der Waals surface area contributed by atoms with Crippen molar-refractivity contribution < 1.29 is 19.4 Å². The summed E-state index contributed by atoms with van der Waals surface area (Å²) in [6, 6.07) is 6.05. The highest BCUT2D eigenvalue weighted by atomic mass is 19.1. The molecular weight excluding hydrogens is 223 g/mol. The van der Waals surface area contributed by atoms with Gasteiger partial charge in [0, 0.05) is 5.41 Å². The number of halogens is 1. The number of hydrogen-bond acceptors (Lipinski definition) is 2. The standard InChI is InChI=1S/C13H15FO3/c1-8(12(16)17)11-6-13(11,7-15)9-3-2-4-10(14)5-9/h2-5,8,11,15H,6-7H2,1H3,(H,16,17)/t8?,11-,13-/m1/s1. The summed E-state index contributed by atoms with van der Waals surface area (Å²) in [5, 5.41) is 18.5. The predicted octanol–water partition coefficient (Wildman–Crippen LogP) is 1.80. The van der Waals surface area contributed by atoms with E-state index in [-0.39, 0.29) is 18.3 Å². The lowest BCUT2D eigenvalue weighted by Gasteiger charge is -2.17. The van der Waals surface area contributed by atoms with Crippen molar-refractivity contribution in [3.05, 3.63) is 35.6 Å². The van der Waals surface area contributed by atoms with Crippen molar-refractivity contribution in [2.24, 2.45) is 11.8 Å². The lowest BCUT2D eigenvalue weighted by atomic mass is 9.89. The normalized spacial score (nSPS) is 28.8. The van der Waals surface area contributed by atoms with Crippen LogP contribution in [0.3, 0.4) is 0 Å². The Balaban J connectivity index is 2.27. The van der Waals surface area contributed by atoms with E-state index >= 15 is 0 Å². The van der Waals surface area contributed by atoms with Crippen LogP contribution in [-0.4, -0.2) is 22.8 Å². The fourth-order valence-electron chi connectivity index (χ4n) is 2.56. The first-order chi connectivity index (χ1) is 8.01. The molecule has 0 spiro atoms. The highest BCUT2D eigenvalue weighted by Crippen LogP contribution is 2.57. The quantitative estimate of drug-likeness (QED) is 0.840. The van der Waals surface area contributed by atoms with Gasteiger partial charge in [-0.05, 0) is 30.0 Å². The van der Waals surface area contributed by atoms with Crippen LogP contribution in [0.5, 0.6) is 0 Å². The second-order valence-corrected chi connectivity index (χ2v) is 4.76. The van der Waals surface area contributed by atoms with Crippen LogP contribution in [0, 0.1) is 17.7 Å². The molecule has 1 aromatic carbocycles. The van der Waals surface area contributed by atoms with Crippen molar-refractivity contribution in [2.45, 2.75) is 18.8 Å². The molecule has 92 valence electrons. The second kappa shape index (κ2) is 4.11. The Kier molecular flexibility index (Phi) is 2.91. The van der Waals surface area contributed by atoms with E-state index in [1.165, 1.54) is 12.1 Å². The van der Waals surface area contributed by atoms with Gasteiger partial charge >= 0.3 is 5.97 Å². The van der Waals surface area contributed by atoms with Crippen molar-refractivity contribution in [2.75, 3.05) is 6.61 Å². The van der Waals surface area contributed by atoms with Gasteiger partial charge in [0.15, 0.2) is 0 Å². The lowest BCUT2D eigenvalue weighted by molar-refractivity contribution is -0.142. The SMILES string of the molecule is CC(C(=O)O)[C@H]1C[C@@]1(CO)c1cccc(F)c1. The number of aliphatic hydroxyl groups excluding tert-OH is 1. The first kappa shape index (κ1) is 12.0. The van der Waals surface area contributed by atoms with E-state index < -0.39 is 17.3 Å². The molecule has 0 heterocycles. The molecule has 0 saturated heterocycles. The Hall–Kier alpha value is -1.42. The number of carboxylic acids is 1. The highest BCUT2D eigenvalue weighted by molar-refractivity contribution is 5.71. The molecule has 0 aliphatic heterocycles. The van der Waals surface area contributed by atoms with E-state index in [1.807, 2.05) is 0 Å². The summed E-state index contributed by atoms with van der Waals surface area (Å²) in [6.45, 7) is 1.49. The molecule has 0 radical (unpaired) electrons. The maximum absolute atomic E-state index is 13.2. The zero-order valence-corrected chi connectivity index (χ0v) is 9.56. The number of aliphatic hydroxyl groups is 1. The number of aliphatic carboxylic acids is 1. The van der Waals surface area contributed by atoms with Gasteiger partial charge in [0.25, 0.3) is 0 Å². The molecule has 1 unspecified atom stereocenters. The van der Waals surface area contributed by atoms with E-state index in [2.05, 4.69) is 0 Å². The number of rotatable bonds is 4. The molecule has 0 aromatic heterocycles. The van der Waals surface area contributed by atoms with Gasteiger partial charge in [0.1, 0.15) is 5.82 Å². The minimum atomic E-state index is -0.873. The van der Waals surface area contributed by atoms with Gasteiger partial charge in [-0.25, -0.2) is 4.39 Å². The van der Waals surface area contributed by atoms with Crippen molar-refractivity contribution in [3.63, 3.8) is 0 Å². The Morgan fingerprint density at radius 2 is 2.35 bits per heavy atom. The lowest BCUT2D eigenvalue weighted by Crippen LogP contribution is -2.22. The number of hydrogen-bond donors (Lipinski definition) is 2. The predicted molar refractivity (Wildman–Crippen MR) is 60.1 cm³/mol. The first-order valence-electron chi connectivity index (χ1n) is 5.61. The summed E-state index contributed by atoms with van der Waals surface area (Å²) in [7, 11) is 0. The summed E-state index contributed by atoms with van der Waals surface area (Å²) in [4.78, 5) is 10.9. The van der Waals surface area contributed by atoms with Crippen LogP contribution in [0.25, 0.3) is 0 Å². The van der Waals surface area contributed by atoms with Crippen LogP contribution in [0.2, 0.25) is 0 Å². The van der Waals surface area contributed by atoms with Gasteiger partial charge in [0.2, 0.25) is 0 Å². The molecule has 3 nitrogen and oxygen atoms in total. The van der Waals surface area contributed by atoms with E-state index in [9.17, 15) is 14.3 Å². The van der Waals surface area contributed by atoms with Gasteiger partial charge in [-0.3, -0.25) is 4.79 Å². The molecular formula is C13H15FO3. The second-order valence-electron chi connectivity index (χ2n) is 4.76. The third-order valence-corrected chi connectivity index (χ3v) is 3.81. The maximum atomic E-state index is 13.2. The number of carbonyl (C=O) groups is 1. The maximum Gasteiger partial charge on any atom is 0.306 e. The van der Waals surface area contributed by atoms with Gasteiger partial charge in [-0.15, -0.1) is 0 Å². The van der Waals surface area contributed by atoms with Crippen LogP contribution < -0.4 is 0 Å². The summed E-state index contributed by atoms with van der Waals surface area (Å²) in [5.41, 5.74) is 0.123. The van der Waals surface area contributed by atoms with Crippen LogP contribution >= 0.6 is 0 Å². The molecule has 0 bridgehead atoms. The fourth-order valence-corrected chi connectivity index (χ4v) is 2.56. The summed E-state index contributed by atoms with van der Waals surface area (Å²) in [6.07, 6.45) is 0.598. The molecule has 4 heteroatoms. The summed E-state index contributed by atoms with van der Waals surface area (Å²) < 4.78 is 13.2. The van der Waals surface area contributed by atoms with Crippen molar-refractivity contribution in [1.82, 2.24) is 0 Å². The minimum absolute atomic E-state index is 0.119. The van der Waals surface area contributed by atoms with Crippen LogP contribution in [0.1, 0.15) is 18.9 Å². The summed E-state index contributed by atoms with van der Waals surface area (Å²) in [5.74, 6) is -1.87. The van der Waals surface area contributed by atoms with Gasteiger partial charge in [-0.2, -0.15) is 0 Å². The Labute approximate surface area is 98.9 Å². The number of benzene rings is 1. The highest BCUT2D eigenvalue weighted by Gasteiger charge is 2.58. The monoisotopic (exact) mass is 238 g/mol. The Bertz CT molecular complexity index is 446. The smallest absolute Gasteiger partial charge is 0.306 e. The van der Waals surface area contributed by atoms with Crippen LogP contribution in [0.15, 0.2) is 24.3 Å². The van der Waals surface area contributed by atoms with Gasteiger partial charge in [0.05, 0.1) is 12.5 Å². The minimum Gasteiger partial charge on any atom is -0.481 e. The molecule has 17 heavy (non-hydrogen) atoms. The Morgan fingerprint density at radius 1 is 1.65 bits per heavy atom. The molecule has 2 N–H and O–H groups in total. The molecule has 1 aliphatic rings. The third kappa shape index (κ3) is 1.93. The first-order valence-corrected chi connectivity index (χ1v) is 5.61. The largest absolute Gasteiger partial charge is 0.481 e. The molecule has 3 atom stereocenters. The molecule has 2 rings (SSSR count). The van der Waals surface area contributed by atoms with Crippen LogP contribution in [0.4, 0.5) is 4.39 Å². The summed E-state index contributed by atoms with van der Waals surface area (Å²) >= 11 is 0. The average molecular weight is 238 g/mol. The topological polar surface area (TPSA) is 57.5 Å². The van der Waals surface area contributed by atoms with E-state index in [0.717, 1.165) is 0 Å². The molecule has 1 aromatic rings. The van der Waals surface area contributed by atoms with Crippen molar-refractivity contribution >= 4 is 5.97 Å². The van der Waals surface area contributed by atoms with Gasteiger partial charge < -0.3 is 10.2 Å². The average Bonchev–Trinajstić information content (AvgIpc) is 3.03. The Morgan fingerprint density at radius 3 is 2.88 bits per heavy atom. The molecule has 1 saturated carbocycles.